The van der Waals surface area contributed by atoms with Crippen LogP contribution in [0.25, 0.3) is 0 Å². The first-order valence-electron chi connectivity index (χ1n) is 37.7. The van der Waals surface area contributed by atoms with Crippen molar-refractivity contribution in [3.8, 4) is 46.0 Å². The van der Waals surface area contributed by atoms with Gasteiger partial charge >= 0.3 is 0 Å². The molecule has 4 aliphatic heterocycles. The van der Waals surface area contributed by atoms with Crippen LogP contribution in [0.3, 0.4) is 0 Å². The Hall–Kier alpha value is -3.32. The number of unbranched alkanes of at least 4 members (excludes halogenated alkanes) is 32. The fourth-order valence-electron chi connectivity index (χ4n) is 16.1. The molecule has 0 spiro atoms. The van der Waals surface area contributed by atoms with E-state index in [0.29, 0.717) is 23.0 Å². The highest BCUT2D eigenvalue weighted by atomic mass is 32.1. The van der Waals surface area contributed by atoms with Crippen molar-refractivity contribution in [1.82, 2.24) is 0 Å². The second-order valence-electron chi connectivity index (χ2n) is 27.7. The Morgan fingerprint density at radius 3 is 0.511 bits per heavy atom. The maximum absolute atomic E-state index is 7.11. The van der Waals surface area contributed by atoms with E-state index in [1.807, 2.05) is 0 Å². The van der Waals surface area contributed by atoms with E-state index < -0.39 is 0 Å². The lowest BCUT2D eigenvalue weighted by Crippen LogP contribution is -2.25. The smallest absolute Gasteiger partial charge is 0.230 e. The zero-order valence-electron chi connectivity index (χ0n) is 57.6. The van der Waals surface area contributed by atoms with E-state index in [1.165, 1.54) is 224 Å². The molecule has 92 heavy (non-hydrogen) atoms. The van der Waals surface area contributed by atoms with Gasteiger partial charge in [0, 0.05) is 113 Å². The Kier molecular flexibility index (Phi) is 31.5. The number of thiol groups is 4. The van der Waals surface area contributed by atoms with Crippen molar-refractivity contribution in [1.29, 1.82) is 0 Å². The van der Waals surface area contributed by atoms with Crippen LogP contribution in [0, 0.1) is 0 Å². The van der Waals surface area contributed by atoms with E-state index in [4.69, 9.17) is 88.4 Å². The van der Waals surface area contributed by atoms with Crippen molar-refractivity contribution in [2.24, 2.45) is 0 Å². The van der Waals surface area contributed by atoms with Gasteiger partial charge in [-0.2, -0.15) is 50.5 Å². The summed E-state index contributed by atoms with van der Waals surface area (Å²) in [7, 11) is 0. The van der Waals surface area contributed by atoms with Crippen LogP contribution < -0.4 is 37.9 Å². The van der Waals surface area contributed by atoms with Crippen molar-refractivity contribution >= 4 is 50.5 Å². The predicted octanol–water partition coefficient (Wildman–Crippen LogP) is 24.8. The number of hydrogen-bond acceptors (Lipinski definition) is 12. The molecule has 0 saturated carbocycles. The molecule has 5 aliphatic rings. The van der Waals surface area contributed by atoms with Gasteiger partial charge in [0.2, 0.25) is 27.2 Å². The van der Waals surface area contributed by atoms with Crippen LogP contribution in [0.1, 0.15) is 375 Å². The molecule has 4 heterocycles. The van der Waals surface area contributed by atoms with Gasteiger partial charge in [0.25, 0.3) is 0 Å². The van der Waals surface area contributed by atoms with Crippen LogP contribution in [0.2, 0.25) is 0 Å². The summed E-state index contributed by atoms with van der Waals surface area (Å²) in [5, 5.41) is 0. The minimum atomic E-state index is -0.0836. The summed E-state index contributed by atoms with van der Waals surface area (Å²) in [5.41, 5.74) is 13.4. The molecule has 0 atom stereocenters. The average Bonchev–Trinajstić information content (AvgIpc) is 0.731. The lowest BCUT2D eigenvalue weighted by molar-refractivity contribution is 0.0953. The van der Waals surface area contributed by atoms with Crippen LogP contribution >= 0.6 is 50.5 Å². The van der Waals surface area contributed by atoms with Gasteiger partial charge in [0.1, 0.15) is 46.0 Å². The average molecular weight is 1340 g/mol. The van der Waals surface area contributed by atoms with Crippen molar-refractivity contribution in [2.45, 2.75) is 331 Å². The Morgan fingerprint density at radius 1 is 0.228 bits per heavy atom. The monoisotopic (exact) mass is 1340 g/mol. The van der Waals surface area contributed by atoms with Gasteiger partial charge in [-0.25, -0.2) is 0 Å². The first kappa shape index (κ1) is 72.9. The van der Waals surface area contributed by atoms with E-state index in [1.54, 1.807) is 0 Å². The molecule has 9 rings (SSSR count). The normalized spacial score (nSPS) is 17.4. The van der Waals surface area contributed by atoms with Crippen molar-refractivity contribution in [3.05, 3.63) is 91.0 Å². The quantitative estimate of drug-likeness (QED) is 0.0258. The highest BCUT2D eigenvalue weighted by molar-refractivity contribution is 7.79. The maximum Gasteiger partial charge on any atom is 0.230 e. The van der Waals surface area contributed by atoms with Gasteiger partial charge in [-0.3, -0.25) is 0 Å². The molecule has 0 unspecified atom stereocenters. The lowest BCUT2D eigenvalue weighted by Gasteiger charge is -2.37. The highest BCUT2D eigenvalue weighted by Crippen LogP contribution is 2.59. The molecule has 4 aromatic carbocycles. The molecular formula is C80H120O8S4. The second kappa shape index (κ2) is 39.8. The third kappa shape index (κ3) is 18.7. The number of ether oxygens (including phenoxy) is 8. The lowest BCUT2D eigenvalue weighted by atomic mass is 9.74. The SMILES string of the molecule is CCCCCCCCCCCC1c2cc3c4c(CS)c2OCOc2c1cc1c(c2CS)OCOc2c(cc5c(c2CS)OCOc2c(cc(c(c2CS)OCO4)C3CCCCCCCCCCC)C5CCCCCCCCCCC)C1CCCCCCCCCCC. The summed E-state index contributed by atoms with van der Waals surface area (Å²) in [6.07, 6.45) is 48.8. The zero-order chi connectivity index (χ0) is 64.3. The number of benzene rings is 4. The van der Waals surface area contributed by atoms with Gasteiger partial charge in [-0.1, -0.05) is 259 Å². The molecule has 0 radical (unpaired) electrons. The van der Waals surface area contributed by atoms with Gasteiger partial charge in [-0.15, -0.1) is 0 Å². The van der Waals surface area contributed by atoms with Crippen LogP contribution in [-0.4, -0.2) is 27.2 Å². The Morgan fingerprint density at radius 2 is 0.370 bits per heavy atom. The molecule has 0 amide bonds. The molecule has 0 saturated heterocycles. The number of rotatable bonds is 44. The fourth-order valence-corrected chi connectivity index (χ4v) is 17.3. The Bertz CT molecular complexity index is 2370. The molecule has 8 nitrogen and oxygen atoms in total. The van der Waals surface area contributed by atoms with Crippen LogP contribution in [0.15, 0.2) is 24.3 Å². The maximum atomic E-state index is 7.11. The molecule has 1 aliphatic carbocycles. The third-order valence-corrected chi connectivity index (χ3v) is 22.4. The Labute approximate surface area is 580 Å². The minimum Gasteiger partial charge on any atom is -0.457 e. The highest BCUT2D eigenvalue weighted by Gasteiger charge is 2.41. The largest absolute Gasteiger partial charge is 0.457 e. The van der Waals surface area contributed by atoms with Gasteiger partial charge in [0.15, 0.2) is 0 Å². The fraction of sp³-hybridized carbons (Fsp3) is 0.700. The van der Waals surface area contributed by atoms with E-state index in [9.17, 15) is 0 Å². The third-order valence-electron chi connectivity index (χ3n) is 21.2. The van der Waals surface area contributed by atoms with Gasteiger partial charge in [-0.05, 0) is 49.9 Å². The zero-order valence-corrected chi connectivity index (χ0v) is 61.2. The van der Waals surface area contributed by atoms with Crippen molar-refractivity contribution < 1.29 is 37.9 Å². The van der Waals surface area contributed by atoms with E-state index in [2.05, 4.69) is 52.0 Å². The summed E-state index contributed by atoms with van der Waals surface area (Å²) in [6.45, 7) is 9.29. The molecule has 8 bridgehead atoms. The van der Waals surface area contributed by atoms with Crippen LogP contribution in [-0.2, 0) is 23.0 Å². The van der Waals surface area contributed by atoms with Gasteiger partial charge < -0.3 is 37.9 Å². The molecule has 512 valence electrons. The summed E-state index contributed by atoms with van der Waals surface area (Å²) >= 11 is 21.0. The van der Waals surface area contributed by atoms with Gasteiger partial charge in [0.05, 0.1) is 0 Å². The van der Waals surface area contributed by atoms with Crippen LogP contribution in [0.4, 0.5) is 0 Å². The molecule has 0 N–H and O–H groups in total. The summed E-state index contributed by atoms with van der Waals surface area (Å²) in [6, 6.07) is 10.1. The summed E-state index contributed by atoms with van der Waals surface area (Å²) in [4.78, 5) is 0. The van der Waals surface area contributed by atoms with E-state index in [0.717, 1.165) is 145 Å². The summed E-state index contributed by atoms with van der Waals surface area (Å²) in [5.74, 6) is 7.99. The summed E-state index contributed by atoms with van der Waals surface area (Å²) < 4.78 is 56.9. The molecule has 12 heteroatoms. The molecule has 0 aromatic heterocycles. The second-order valence-corrected chi connectivity index (χ2v) is 29.0. The predicted molar refractivity (Wildman–Crippen MR) is 396 cm³/mol. The standard InChI is InChI=1S/C80H120O8S4/c1-5-9-13-17-21-25-29-33-37-41-57-61-45-63-58(42-38-34-30-26-22-18-14-10-6-2)65-47-67-60(44-40-36-32-28-24-20-16-12-8-4)68-48-66-59(43-39-35-31-27-23-19-15-11-7-3)64-46-62(57)74-70(50-90)76(64)84-55-86-78(66)72(52-92)80(68)88-56-87-79(67)71(51-91)77(65)85-54-83-75(63)69(49-89)73(61)81-53-82-74/h45-48,57-60,89-92H,5-44,49-56H2,1-4H3. The topological polar surface area (TPSA) is 73.8 Å². The van der Waals surface area contributed by atoms with Crippen LogP contribution in [0.5, 0.6) is 46.0 Å². The molecular weight excluding hydrogens is 1220 g/mol. The first-order valence-corrected chi connectivity index (χ1v) is 40.2. The van der Waals surface area contributed by atoms with Crippen molar-refractivity contribution in [2.75, 3.05) is 27.2 Å². The Balaban J connectivity index is 1.28. The molecule has 4 aromatic rings. The molecule has 0 fully saturated rings. The van der Waals surface area contributed by atoms with E-state index in [-0.39, 0.29) is 50.8 Å². The minimum absolute atomic E-state index is 0.0154. The first-order chi connectivity index (χ1) is 45.5. The van der Waals surface area contributed by atoms with Crippen molar-refractivity contribution in [3.63, 3.8) is 0 Å². The van der Waals surface area contributed by atoms with E-state index >= 15 is 0 Å². The number of hydrogen-bond donors (Lipinski definition) is 4.